The molecule has 4 atom stereocenters. The zero-order chi connectivity index (χ0) is 16.8. The lowest BCUT2D eigenvalue weighted by molar-refractivity contribution is -0.151. The molecule has 0 saturated heterocycles. The lowest BCUT2D eigenvalue weighted by atomic mass is 9.52. The van der Waals surface area contributed by atoms with Gasteiger partial charge in [0.2, 0.25) is 6.29 Å². The van der Waals surface area contributed by atoms with E-state index in [-0.39, 0.29) is 5.41 Å². The monoisotopic (exact) mass is 318 g/mol. The number of aliphatic hydroxyl groups excluding tert-OH is 1. The number of esters is 1. The highest BCUT2D eigenvalue weighted by Gasteiger charge is 2.47. The van der Waals surface area contributed by atoms with Crippen LogP contribution in [0.4, 0.5) is 0 Å². The number of carbonyl (C=O) groups excluding carboxylic acids is 1. The fourth-order valence-corrected chi connectivity index (χ4v) is 4.97. The standard InChI is InChI=1S/C20H30O3/c1-13-7-8-15-16(6-5-10-19(15,2)3)20(13,4)11-9-14-12-17(21)23-18(14)22/h6,12-13,15,18,22H,5,7-11H2,1-4H3/t13-,15+,18?,20+/m1/s1. The molecule has 1 fully saturated rings. The first kappa shape index (κ1) is 16.8. The van der Waals surface area contributed by atoms with E-state index >= 15 is 0 Å². The average Bonchev–Trinajstić information content (AvgIpc) is 2.79. The van der Waals surface area contributed by atoms with Crippen molar-refractivity contribution in [2.75, 3.05) is 0 Å². The molecule has 128 valence electrons. The molecular weight excluding hydrogens is 288 g/mol. The van der Waals surface area contributed by atoms with Gasteiger partial charge in [0.05, 0.1) is 0 Å². The Morgan fingerprint density at radius 2 is 2.04 bits per heavy atom. The van der Waals surface area contributed by atoms with Crippen LogP contribution in [0.2, 0.25) is 0 Å². The van der Waals surface area contributed by atoms with E-state index in [0.29, 0.717) is 17.3 Å². The fraction of sp³-hybridized carbons (Fsp3) is 0.750. The summed E-state index contributed by atoms with van der Waals surface area (Å²) in [5.74, 6) is 0.901. The summed E-state index contributed by atoms with van der Waals surface area (Å²) in [5, 5.41) is 9.83. The van der Waals surface area contributed by atoms with Crippen molar-refractivity contribution in [3.63, 3.8) is 0 Å². The van der Waals surface area contributed by atoms with Gasteiger partial charge in [0.25, 0.3) is 0 Å². The van der Waals surface area contributed by atoms with Crippen LogP contribution < -0.4 is 0 Å². The second-order valence-corrected chi connectivity index (χ2v) is 8.64. The molecule has 3 rings (SSSR count). The minimum Gasteiger partial charge on any atom is -0.429 e. The van der Waals surface area contributed by atoms with Gasteiger partial charge in [-0.15, -0.1) is 0 Å². The summed E-state index contributed by atoms with van der Waals surface area (Å²) in [6.07, 6.45) is 9.65. The third kappa shape index (κ3) is 2.88. The van der Waals surface area contributed by atoms with Gasteiger partial charge in [-0.05, 0) is 61.2 Å². The minimum absolute atomic E-state index is 0.160. The van der Waals surface area contributed by atoms with Crippen molar-refractivity contribution in [2.24, 2.45) is 22.7 Å². The van der Waals surface area contributed by atoms with Crippen molar-refractivity contribution in [1.82, 2.24) is 0 Å². The SMILES string of the molecule is C[C@@H]1CC[C@H]2C(=CCCC2(C)C)[C@@]1(C)CCC1=CC(=O)OC1O. The van der Waals surface area contributed by atoms with E-state index < -0.39 is 12.3 Å². The number of allylic oxidation sites excluding steroid dienone is 2. The molecule has 1 aliphatic heterocycles. The molecule has 0 amide bonds. The summed E-state index contributed by atoms with van der Waals surface area (Å²) < 4.78 is 4.82. The quantitative estimate of drug-likeness (QED) is 0.621. The second-order valence-electron chi connectivity index (χ2n) is 8.64. The number of aliphatic hydroxyl groups is 1. The Morgan fingerprint density at radius 3 is 2.70 bits per heavy atom. The lowest BCUT2D eigenvalue weighted by Crippen LogP contribution is -2.43. The third-order valence-corrected chi connectivity index (χ3v) is 6.89. The molecular formula is C20H30O3. The molecule has 0 spiro atoms. The van der Waals surface area contributed by atoms with Crippen LogP contribution in [0.15, 0.2) is 23.3 Å². The first-order valence-corrected chi connectivity index (χ1v) is 9.04. The van der Waals surface area contributed by atoms with E-state index in [1.54, 1.807) is 5.57 Å². The Labute approximate surface area is 139 Å². The molecule has 1 unspecified atom stereocenters. The third-order valence-electron chi connectivity index (χ3n) is 6.89. The summed E-state index contributed by atoms with van der Waals surface area (Å²) in [6.45, 7) is 9.58. The Morgan fingerprint density at radius 1 is 1.30 bits per heavy atom. The molecule has 2 aliphatic carbocycles. The van der Waals surface area contributed by atoms with Gasteiger partial charge >= 0.3 is 5.97 Å². The molecule has 0 aromatic carbocycles. The maximum absolute atomic E-state index is 11.3. The number of ether oxygens (including phenoxy) is 1. The number of hydrogen-bond donors (Lipinski definition) is 1. The molecule has 1 heterocycles. The lowest BCUT2D eigenvalue weighted by Gasteiger charge is -2.53. The topological polar surface area (TPSA) is 46.5 Å². The van der Waals surface area contributed by atoms with E-state index in [2.05, 4.69) is 33.8 Å². The second kappa shape index (κ2) is 5.77. The van der Waals surface area contributed by atoms with Crippen LogP contribution in [0, 0.1) is 22.7 Å². The van der Waals surface area contributed by atoms with Gasteiger partial charge in [0, 0.05) is 11.6 Å². The van der Waals surface area contributed by atoms with Crippen molar-refractivity contribution in [2.45, 2.75) is 72.5 Å². The van der Waals surface area contributed by atoms with Crippen molar-refractivity contribution in [1.29, 1.82) is 0 Å². The molecule has 0 radical (unpaired) electrons. The zero-order valence-electron chi connectivity index (χ0n) is 14.9. The molecule has 0 bridgehead atoms. The number of fused-ring (bicyclic) bond motifs is 1. The van der Waals surface area contributed by atoms with Crippen LogP contribution in [-0.4, -0.2) is 17.4 Å². The van der Waals surface area contributed by atoms with Crippen LogP contribution >= 0.6 is 0 Å². The Hall–Kier alpha value is -1.09. The van der Waals surface area contributed by atoms with Crippen molar-refractivity contribution < 1.29 is 14.6 Å². The van der Waals surface area contributed by atoms with Gasteiger partial charge < -0.3 is 9.84 Å². The maximum atomic E-state index is 11.3. The summed E-state index contributed by atoms with van der Waals surface area (Å²) in [5.41, 5.74) is 2.91. The molecule has 0 aromatic heterocycles. The molecule has 3 nitrogen and oxygen atoms in total. The molecule has 3 aliphatic rings. The van der Waals surface area contributed by atoms with Crippen molar-refractivity contribution in [3.8, 4) is 0 Å². The number of hydrogen-bond acceptors (Lipinski definition) is 3. The first-order valence-electron chi connectivity index (χ1n) is 9.04. The highest BCUT2D eigenvalue weighted by atomic mass is 16.6. The molecule has 1 saturated carbocycles. The number of cyclic esters (lactones) is 1. The average molecular weight is 318 g/mol. The molecule has 3 heteroatoms. The zero-order valence-corrected chi connectivity index (χ0v) is 14.9. The van der Waals surface area contributed by atoms with Crippen molar-refractivity contribution in [3.05, 3.63) is 23.3 Å². The highest BCUT2D eigenvalue weighted by molar-refractivity contribution is 5.85. The van der Waals surface area contributed by atoms with Crippen LogP contribution in [0.5, 0.6) is 0 Å². The van der Waals surface area contributed by atoms with E-state index in [4.69, 9.17) is 4.74 Å². The Kier molecular flexibility index (Phi) is 4.20. The van der Waals surface area contributed by atoms with E-state index in [1.807, 2.05) is 0 Å². The number of carbonyl (C=O) groups is 1. The fourth-order valence-electron chi connectivity index (χ4n) is 4.97. The van der Waals surface area contributed by atoms with Crippen LogP contribution in [0.1, 0.15) is 66.2 Å². The maximum Gasteiger partial charge on any atom is 0.333 e. The molecule has 0 aromatic rings. The minimum atomic E-state index is -1.03. The van der Waals surface area contributed by atoms with Crippen LogP contribution in [-0.2, 0) is 9.53 Å². The van der Waals surface area contributed by atoms with Gasteiger partial charge in [-0.2, -0.15) is 0 Å². The predicted molar refractivity (Wildman–Crippen MR) is 90.5 cm³/mol. The van der Waals surface area contributed by atoms with Gasteiger partial charge in [-0.1, -0.05) is 39.3 Å². The largest absolute Gasteiger partial charge is 0.429 e. The predicted octanol–water partition coefficient (Wildman–Crippen LogP) is 4.37. The number of rotatable bonds is 3. The summed E-state index contributed by atoms with van der Waals surface area (Å²) in [6, 6.07) is 0. The Bertz CT molecular complexity index is 557. The molecule has 23 heavy (non-hydrogen) atoms. The Balaban J connectivity index is 1.82. The normalized spacial score (nSPS) is 39.3. The van der Waals surface area contributed by atoms with Gasteiger partial charge in [0.1, 0.15) is 0 Å². The highest BCUT2D eigenvalue weighted by Crippen LogP contribution is 2.58. The summed E-state index contributed by atoms with van der Waals surface area (Å²) >= 11 is 0. The summed E-state index contributed by atoms with van der Waals surface area (Å²) in [7, 11) is 0. The van der Waals surface area contributed by atoms with Crippen LogP contribution in [0.25, 0.3) is 0 Å². The van der Waals surface area contributed by atoms with Crippen molar-refractivity contribution >= 4 is 5.97 Å². The van der Waals surface area contributed by atoms with Gasteiger partial charge in [-0.3, -0.25) is 0 Å². The smallest absolute Gasteiger partial charge is 0.333 e. The van der Waals surface area contributed by atoms with E-state index in [1.165, 1.54) is 31.8 Å². The van der Waals surface area contributed by atoms with Crippen LogP contribution in [0.3, 0.4) is 0 Å². The summed E-state index contributed by atoms with van der Waals surface area (Å²) in [4.78, 5) is 11.3. The van der Waals surface area contributed by atoms with Gasteiger partial charge in [-0.25, -0.2) is 4.79 Å². The first-order chi connectivity index (χ1) is 10.7. The van der Waals surface area contributed by atoms with E-state index in [0.717, 1.165) is 18.4 Å². The molecule has 1 N–H and O–H groups in total. The van der Waals surface area contributed by atoms with Gasteiger partial charge in [0.15, 0.2) is 0 Å². The van der Waals surface area contributed by atoms with E-state index in [9.17, 15) is 9.90 Å².